The smallest absolute Gasteiger partial charge is 0.161 e. The lowest BCUT2D eigenvalue weighted by Crippen LogP contribution is -2.35. The van der Waals surface area contributed by atoms with Gasteiger partial charge in [-0.25, -0.2) is 0 Å². The van der Waals surface area contributed by atoms with Gasteiger partial charge >= 0.3 is 0 Å². The van der Waals surface area contributed by atoms with Crippen molar-refractivity contribution in [2.45, 2.75) is 26.0 Å². The van der Waals surface area contributed by atoms with Gasteiger partial charge in [0.05, 0.1) is 26.9 Å². The normalized spacial score (nSPS) is 12.0. The van der Waals surface area contributed by atoms with Gasteiger partial charge in [-0.05, 0) is 30.7 Å². The molecule has 5 heteroatoms. The average molecular weight is 321 g/mol. The summed E-state index contributed by atoms with van der Waals surface area (Å²) in [6, 6.07) is 5.86. The summed E-state index contributed by atoms with van der Waals surface area (Å²) >= 11 is 0. The van der Waals surface area contributed by atoms with E-state index >= 15 is 0 Å². The third-order valence-electron chi connectivity index (χ3n) is 3.36. The van der Waals surface area contributed by atoms with Gasteiger partial charge in [-0.1, -0.05) is 18.9 Å². The first kappa shape index (κ1) is 19.3. The molecule has 0 heterocycles. The van der Waals surface area contributed by atoms with Gasteiger partial charge in [0.2, 0.25) is 0 Å². The Labute approximate surface area is 139 Å². The quantitative estimate of drug-likeness (QED) is 0.498. The van der Waals surface area contributed by atoms with Crippen molar-refractivity contribution in [3.63, 3.8) is 0 Å². The zero-order valence-corrected chi connectivity index (χ0v) is 14.2. The minimum Gasteiger partial charge on any atom is -0.493 e. The summed E-state index contributed by atoms with van der Waals surface area (Å²) in [6.45, 7) is 4.73. The standard InChI is InChI=1S/C18H27NO4/c1-5-9-19(13-16(20)14-23-10-6-2)12-15-7-8-17(21-3)18(11-15)22-4/h2,7-8,11,16,20H,5,9-10,12-14H2,1,3-4H3. The number of aliphatic hydroxyl groups excluding tert-OH is 1. The molecule has 0 saturated heterocycles. The van der Waals surface area contributed by atoms with E-state index in [9.17, 15) is 5.11 Å². The second-order valence-electron chi connectivity index (χ2n) is 5.30. The molecule has 0 amide bonds. The molecule has 5 nitrogen and oxygen atoms in total. The molecule has 0 aromatic heterocycles. The van der Waals surface area contributed by atoms with Crippen LogP contribution in [0.1, 0.15) is 18.9 Å². The number of hydrogen-bond acceptors (Lipinski definition) is 5. The fourth-order valence-electron chi connectivity index (χ4n) is 2.39. The summed E-state index contributed by atoms with van der Waals surface area (Å²) in [5.74, 6) is 3.81. The topological polar surface area (TPSA) is 51.2 Å². The van der Waals surface area contributed by atoms with Gasteiger partial charge in [-0.3, -0.25) is 4.90 Å². The molecule has 0 fully saturated rings. The Hall–Kier alpha value is -1.74. The van der Waals surface area contributed by atoms with E-state index in [1.807, 2.05) is 18.2 Å². The van der Waals surface area contributed by atoms with Crippen LogP contribution >= 0.6 is 0 Å². The fraction of sp³-hybridized carbons (Fsp3) is 0.556. The highest BCUT2D eigenvalue weighted by atomic mass is 16.5. The van der Waals surface area contributed by atoms with Crippen molar-refractivity contribution in [1.82, 2.24) is 4.90 Å². The van der Waals surface area contributed by atoms with E-state index in [4.69, 9.17) is 20.6 Å². The zero-order chi connectivity index (χ0) is 17.1. The van der Waals surface area contributed by atoms with Crippen molar-refractivity contribution in [3.8, 4) is 23.8 Å². The fourth-order valence-corrected chi connectivity index (χ4v) is 2.39. The molecule has 1 aromatic rings. The van der Waals surface area contributed by atoms with Gasteiger partial charge in [-0.2, -0.15) is 0 Å². The number of hydrogen-bond donors (Lipinski definition) is 1. The molecular formula is C18H27NO4. The highest BCUT2D eigenvalue weighted by Crippen LogP contribution is 2.28. The second-order valence-corrected chi connectivity index (χ2v) is 5.30. The van der Waals surface area contributed by atoms with Crippen molar-refractivity contribution < 1.29 is 19.3 Å². The second kappa shape index (κ2) is 10.9. The van der Waals surface area contributed by atoms with E-state index in [0.29, 0.717) is 18.0 Å². The maximum atomic E-state index is 10.1. The number of benzene rings is 1. The third-order valence-corrected chi connectivity index (χ3v) is 3.36. The maximum Gasteiger partial charge on any atom is 0.161 e. The molecule has 0 bridgehead atoms. The Bertz CT molecular complexity index is 498. The average Bonchev–Trinajstić information content (AvgIpc) is 2.55. The molecule has 0 aliphatic carbocycles. The van der Waals surface area contributed by atoms with Crippen LogP contribution in [0.15, 0.2) is 18.2 Å². The Balaban J connectivity index is 2.66. The van der Waals surface area contributed by atoms with E-state index in [0.717, 1.165) is 25.1 Å². The van der Waals surface area contributed by atoms with Gasteiger partial charge in [0, 0.05) is 13.1 Å². The number of aliphatic hydroxyl groups is 1. The Morgan fingerprint density at radius 2 is 2.00 bits per heavy atom. The van der Waals surface area contributed by atoms with Crippen LogP contribution < -0.4 is 9.47 Å². The van der Waals surface area contributed by atoms with Crippen molar-refractivity contribution in [2.75, 3.05) is 40.5 Å². The number of rotatable bonds is 11. The molecule has 0 radical (unpaired) electrons. The molecule has 128 valence electrons. The van der Waals surface area contributed by atoms with Gasteiger partial charge in [0.1, 0.15) is 6.61 Å². The van der Waals surface area contributed by atoms with Crippen LogP contribution in [-0.4, -0.2) is 56.6 Å². The summed E-state index contributed by atoms with van der Waals surface area (Å²) < 4.78 is 15.8. The van der Waals surface area contributed by atoms with Gasteiger partial charge in [-0.15, -0.1) is 6.42 Å². The summed E-state index contributed by atoms with van der Waals surface area (Å²) in [5, 5.41) is 10.1. The predicted molar refractivity (Wildman–Crippen MR) is 90.8 cm³/mol. The number of terminal acetylenes is 1. The molecule has 0 aliphatic rings. The molecule has 1 atom stereocenters. The minimum atomic E-state index is -0.560. The first-order chi connectivity index (χ1) is 11.1. The molecule has 1 unspecified atom stereocenters. The van der Waals surface area contributed by atoms with E-state index in [-0.39, 0.29) is 13.2 Å². The van der Waals surface area contributed by atoms with Crippen LogP contribution in [0.4, 0.5) is 0 Å². The summed E-state index contributed by atoms with van der Waals surface area (Å²) in [5.41, 5.74) is 1.10. The predicted octanol–water partition coefficient (Wildman–Crippen LogP) is 1.93. The largest absolute Gasteiger partial charge is 0.493 e. The molecule has 1 rings (SSSR count). The summed E-state index contributed by atoms with van der Waals surface area (Å²) in [4.78, 5) is 2.19. The number of methoxy groups -OCH3 is 2. The van der Waals surface area contributed by atoms with Gasteiger partial charge in [0.25, 0.3) is 0 Å². The first-order valence-electron chi connectivity index (χ1n) is 7.77. The van der Waals surface area contributed by atoms with Crippen molar-refractivity contribution in [2.24, 2.45) is 0 Å². The van der Waals surface area contributed by atoms with Crippen LogP contribution in [0.25, 0.3) is 0 Å². The summed E-state index contributed by atoms with van der Waals surface area (Å²) in [6.07, 6.45) is 5.57. The number of ether oxygens (including phenoxy) is 3. The lowest BCUT2D eigenvalue weighted by atomic mass is 10.1. The Kier molecular flexibility index (Phi) is 9.15. The van der Waals surface area contributed by atoms with E-state index < -0.39 is 6.10 Å². The summed E-state index contributed by atoms with van der Waals surface area (Å²) in [7, 11) is 3.24. The van der Waals surface area contributed by atoms with Crippen LogP contribution in [0.3, 0.4) is 0 Å². The zero-order valence-electron chi connectivity index (χ0n) is 14.2. The maximum absolute atomic E-state index is 10.1. The lowest BCUT2D eigenvalue weighted by Gasteiger charge is -2.25. The monoisotopic (exact) mass is 321 g/mol. The van der Waals surface area contributed by atoms with Crippen molar-refractivity contribution >= 4 is 0 Å². The lowest BCUT2D eigenvalue weighted by molar-refractivity contribution is 0.0261. The highest BCUT2D eigenvalue weighted by molar-refractivity contribution is 5.42. The molecule has 0 saturated carbocycles. The van der Waals surface area contributed by atoms with Crippen molar-refractivity contribution in [3.05, 3.63) is 23.8 Å². The van der Waals surface area contributed by atoms with Crippen LogP contribution in [0.5, 0.6) is 11.5 Å². The van der Waals surface area contributed by atoms with Crippen LogP contribution in [0.2, 0.25) is 0 Å². The molecule has 0 aliphatic heterocycles. The first-order valence-corrected chi connectivity index (χ1v) is 7.77. The van der Waals surface area contributed by atoms with Gasteiger partial charge < -0.3 is 19.3 Å². The Morgan fingerprint density at radius 3 is 2.61 bits per heavy atom. The van der Waals surface area contributed by atoms with Gasteiger partial charge in [0.15, 0.2) is 11.5 Å². The minimum absolute atomic E-state index is 0.223. The van der Waals surface area contributed by atoms with E-state index in [2.05, 4.69) is 17.7 Å². The highest BCUT2D eigenvalue weighted by Gasteiger charge is 2.13. The molecular weight excluding hydrogens is 294 g/mol. The molecule has 0 spiro atoms. The molecule has 1 aromatic carbocycles. The van der Waals surface area contributed by atoms with E-state index in [1.54, 1.807) is 14.2 Å². The van der Waals surface area contributed by atoms with Crippen LogP contribution in [-0.2, 0) is 11.3 Å². The Morgan fingerprint density at radius 1 is 1.26 bits per heavy atom. The van der Waals surface area contributed by atoms with Crippen molar-refractivity contribution in [1.29, 1.82) is 0 Å². The molecule has 23 heavy (non-hydrogen) atoms. The number of nitrogens with zero attached hydrogens (tertiary/aromatic N) is 1. The molecule has 1 N–H and O–H groups in total. The van der Waals surface area contributed by atoms with E-state index in [1.165, 1.54) is 0 Å². The van der Waals surface area contributed by atoms with Crippen LogP contribution in [0, 0.1) is 12.3 Å². The SMILES string of the molecule is C#CCOCC(O)CN(CCC)Cc1ccc(OC)c(OC)c1. The third kappa shape index (κ3) is 6.91.